The molecule has 1 rings (SSSR count). The fraction of sp³-hybridized carbons (Fsp3) is 0.833. The molecule has 0 aromatic heterocycles. The lowest BCUT2D eigenvalue weighted by atomic mass is 9.91. The zero-order valence-electron chi connectivity index (χ0n) is 13.0. The number of carboxylic acids is 1. The highest BCUT2D eigenvalue weighted by molar-refractivity contribution is 5.66. The van der Waals surface area contributed by atoms with Crippen molar-refractivity contribution in [2.24, 2.45) is 5.92 Å². The van der Waals surface area contributed by atoms with Crippen molar-refractivity contribution in [2.45, 2.75) is 89.9 Å². The molecular weight excluding hydrogens is 248 g/mol. The molecule has 1 atom stereocenters. The highest BCUT2D eigenvalue weighted by atomic mass is 16.4. The third kappa shape index (κ3) is 10.1. The Balaban J connectivity index is 1.75. The summed E-state index contributed by atoms with van der Waals surface area (Å²) in [4.78, 5) is 10.3. The van der Waals surface area contributed by atoms with Crippen LogP contribution in [0.1, 0.15) is 89.9 Å². The molecule has 0 spiro atoms. The van der Waals surface area contributed by atoms with E-state index in [2.05, 4.69) is 12.2 Å². The summed E-state index contributed by atoms with van der Waals surface area (Å²) < 4.78 is 0. The third-order valence-corrected chi connectivity index (χ3v) is 4.32. The molecule has 0 radical (unpaired) electrons. The van der Waals surface area contributed by atoms with Gasteiger partial charge in [0.1, 0.15) is 0 Å². The quantitative estimate of drug-likeness (QED) is 0.367. The second-order valence-corrected chi connectivity index (χ2v) is 6.23. The van der Waals surface area contributed by atoms with Crippen LogP contribution in [0.25, 0.3) is 0 Å². The average molecular weight is 280 g/mol. The fourth-order valence-electron chi connectivity index (χ4n) is 3.04. The number of carboxylic acid groups (broad SMARTS) is 1. The number of allylic oxidation sites excluding steroid dienone is 2. The Morgan fingerprint density at radius 2 is 1.55 bits per heavy atom. The van der Waals surface area contributed by atoms with Crippen LogP contribution in [0.4, 0.5) is 0 Å². The van der Waals surface area contributed by atoms with Crippen LogP contribution in [0, 0.1) is 5.92 Å². The Kier molecular flexibility index (Phi) is 10.3. The van der Waals surface area contributed by atoms with Gasteiger partial charge in [0.05, 0.1) is 0 Å². The van der Waals surface area contributed by atoms with Crippen LogP contribution in [-0.2, 0) is 4.79 Å². The minimum absolute atomic E-state index is 0.343. The van der Waals surface area contributed by atoms with Crippen LogP contribution in [-0.4, -0.2) is 11.1 Å². The van der Waals surface area contributed by atoms with Crippen LogP contribution in [0.5, 0.6) is 0 Å². The minimum atomic E-state index is -0.655. The van der Waals surface area contributed by atoms with E-state index in [0.29, 0.717) is 6.42 Å². The van der Waals surface area contributed by atoms with E-state index in [1.54, 1.807) is 0 Å². The number of unbranched alkanes of at least 4 members (excludes halogenated alkanes) is 8. The number of hydrogen-bond acceptors (Lipinski definition) is 1. The molecule has 1 unspecified atom stereocenters. The summed E-state index contributed by atoms with van der Waals surface area (Å²) in [6.45, 7) is 0. The molecule has 0 fully saturated rings. The largest absolute Gasteiger partial charge is 0.481 e. The van der Waals surface area contributed by atoms with Crippen LogP contribution in [0.2, 0.25) is 0 Å². The van der Waals surface area contributed by atoms with E-state index in [4.69, 9.17) is 5.11 Å². The summed E-state index contributed by atoms with van der Waals surface area (Å²) >= 11 is 0. The van der Waals surface area contributed by atoms with Gasteiger partial charge in [-0.05, 0) is 38.0 Å². The van der Waals surface area contributed by atoms with Gasteiger partial charge in [-0.25, -0.2) is 0 Å². The predicted molar refractivity (Wildman–Crippen MR) is 84.9 cm³/mol. The van der Waals surface area contributed by atoms with Crippen molar-refractivity contribution >= 4 is 5.97 Å². The second-order valence-electron chi connectivity index (χ2n) is 6.23. The molecule has 116 valence electrons. The maximum Gasteiger partial charge on any atom is 0.303 e. The molecule has 1 N–H and O–H groups in total. The lowest BCUT2D eigenvalue weighted by Gasteiger charge is -2.15. The van der Waals surface area contributed by atoms with E-state index in [9.17, 15) is 4.79 Å². The van der Waals surface area contributed by atoms with Gasteiger partial charge in [0.25, 0.3) is 0 Å². The Morgan fingerprint density at radius 1 is 0.950 bits per heavy atom. The van der Waals surface area contributed by atoms with Crippen LogP contribution in [0.15, 0.2) is 12.2 Å². The molecule has 0 aliphatic heterocycles. The standard InChI is InChI=1S/C18H32O2/c19-18(20)16-12-7-5-3-1-2-4-6-9-13-17-14-10-8-11-15-17/h10,14,17H,1-9,11-13,15-16H2,(H,19,20). The van der Waals surface area contributed by atoms with Gasteiger partial charge in [-0.15, -0.1) is 0 Å². The summed E-state index contributed by atoms with van der Waals surface area (Å²) in [7, 11) is 0. The first kappa shape index (κ1) is 17.3. The van der Waals surface area contributed by atoms with Gasteiger partial charge in [-0.1, -0.05) is 63.5 Å². The van der Waals surface area contributed by atoms with Crippen molar-refractivity contribution in [2.75, 3.05) is 0 Å². The van der Waals surface area contributed by atoms with E-state index >= 15 is 0 Å². The lowest BCUT2D eigenvalue weighted by molar-refractivity contribution is -0.137. The van der Waals surface area contributed by atoms with Gasteiger partial charge >= 0.3 is 5.97 Å². The fourth-order valence-corrected chi connectivity index (χ4v) is 3.04. The number of carbonyl (C=O) groups is 1. The molecule has 0 saturated carbocycles. The summed E-state index contributed by atoms with van der Waals surface area (Å²) in [6.07, 6.45) is 21.9. The van der Waals surface area contributed by atoms with Gasteiger partial charge in [0.15, 0.2) is 0 Å². The molecule has 0 bridgehead atoms. The highest BCUT2D eigenvalue weighted by Gasteiger charge is 2.07. The third-order valence-electron chi connectivity index (χ3n) is 4.32. The Bertz CT molecular complexity index is 271. The molecule has 1 aliphatic carbocycles. The summed E-state index contributed by atoms with van der Waals surface area (Å²) in [5.74, 6) is 0.218. The molecule has 1 aliphatic rings. The maximum atomic E-state index is 10.3. The van der Waals surface area contributed by atoms with Gasteiger partial charge in [0.2, 0.25) is 0 Å². The number of aliphatic carboxylic acids is 1. The van der Waals surface area contributed by atoms with E-state index < -0.39 is 5.97 Å². The summed E-state index contributed by atoms with van der Waals surface area (Å²) in [5, 5.41) is 8.53. The monoisotopic (exact) mass is 280 g/mol. The Labute approximate surface area is 124 Å². The summed E-state index contributed by atoms with van der Waals surface area (Å²) in [5.41, 5.74) is 0. The number of hydrogen-bond donors (Lipinski definition) is 1. The Hall–Kier alpha value is -0.790. The van der Waals surface area contributed by atoms with Gasteiger partial charge < -0.3 is 5.11 Å². The van der Waals surface area contributed by atoms with E-state index in [1.165, 1.54) is 70.6 Å². The molecule has 2 heteroatoms. The van der Waals surface area contributed by atoms with Crippen LogP contribution >= 0.6 is 0 Å². The van der Waals surface area contributed by atoms with Gasteiger partial charge in [0, 0.05) is 6.42 Å². The van der Waals surface area contributed by atoms with Gasteiger partial charge in [-0.2, -0.15) is 0 Å². The van der Waals surface area contributed by atoms with E-state index in [-0.39, 0.29) is 0 Å². The zero-order chi connectivity index (χ0) is 14.5. The van der Waals surface area contributed by atoms with Crippen molar-refractivity contribution in [1.29, 1.82) is 0 Å². The molecular formula is C18H32O2. The average Bonchev–Trinajstić information content (AvgIpc) is 2.45. The molecule has 2 nitrogen and oxygen atoms in total. The molecule has 0 aromatic rings. The SMILES string of the molecule is O=C(O)CCCCCCCCCCCC1C=CCCC1. The topological polar surface area (TPSA) is 37.3 Å². The highest BCUT2D eigenvalue weighted by Crippen LogP contribution is 2.23. The normalized spacial score (nSPS) is 18.3. The lowest BCUT2D eigenvalue weighted by Crippen LogP contribution is -2.00. The van der Waals surface area contributed by atoms with Crippen molar-refractivity contribution in [1.82, 2.24) is 0 Å². The maximum absolute atomic E-state index is 10.3. The predicted octanol–water partition coefficient (Wildman–Crippen LogP) is 5.72. The Morgan fingerprint density at radius 3 is 2.10 bits per heavy atom. The smallest absolute Gasteiger partial charge is 0.303 e. The van der Waals surface area contributed by atoms with E-state index in [1.807, 2.05) is 0 Å². The summed E-state index contributed by atoms with van der Waals surface area (Å²) in [6, 6.07) is 0. The first-order valence-corrected chi connectivity index (χ1v) is 8.67. The first-order chi connectivity index (χ1) is 9.79. The van der Waals surface area contributed by atoms with Crippen LogP contribution in [0.3, 0.4) is 0 Å². The first-order valence-electron chi connectivity index (χ1n) is 8.67. The second kappa shape index (κ2) is 12.0. The van der Waals surface area contributed by atoms with Gasteiger partial charge in [-0.3, -0.25) is 4.79 Å². The van der Waals surface area contributed by atoms with E-state index in [0.717, 1.165) is 18.8 Å². The van der Waals surface area contributed by atoms with Crippen LogP contribution < -0.4 is 0 Å². The molecule has 0 amide bonds. The zero-order valence-corrected chi connectivity index (χ0v) is 13.0. The molecule has 0 heterocycles. The molecule has 20 heavy (non-hydrogen) atoms. The number of rotatable bonds is 12. The molecule has 0 aromatic carbocycles. The van der Waals surface area contributed by atoms with Crippen molar-refractivity contribution < 1.29 is 9.90 Å². The minimum Gasteiger partial charge on any atom is -0.481 e. The van der Waals surface area contributed by atoms with Crippen molar-refractivity contribution in [3.8, 4) is 0 Å². The molecule has 0 saturated heterocycles. The van der Waals surface area contributed by atoms with Crippen molar-refractivity contribution in [3.63, 3.8) is 0 Å². The van der Waals surface area contributed by atoms with Crippen molar-refractivity contribution in [3.05, 3.63) is 12.2 Å².